The molecule has 0 spiro atoms. The van der Waals surface area contributed by atoms with E-state index in [9.17, 15) is 32.7 Å². The lowest BCUT2D eigenvalue weighted by Gasteiger charge is -2.24. The maximum atomic E-state index is 11.7. The van der Waals surface area contributed by atoms with Gasteiger partial charge in [0.05, 0.1) is 17.5 Å². The van der Waals surface area contributed by atoms with Gasteiger partial charge >= 0.3 is 11.9 Å². The van der Waals surface area contributed by atoms with Gasteiger partial charge < -0.3 is 31.3 Å². The number of ether oxygens (including phenoxy) is 1. The third-order valence-electron chi connectivity index (χ3n) is 4.01. The van der Waals surface area contributed by atoms with Crippen LogP contribution in [0.25, 0.3) is 0 Å². The molecule has 2 amide bonds. The number of amides is 2. The highest BCUT2D eigenvalue weighted by Gasteiger charge is 2.26. The molecule has 3 atom stereocenters. The standard InChI is InChI=1S/C14H18Cl2N2O6S.C5H9NO3S/c1-25(22,23)9-4-2-8(3-5-9)12(20)10(7-24-11(19)6-17)18-14(21)13(15)16;1-3(7)6-4(2-10)5(8)9/h2-5,10,12-13,20H,6-7,17H2,1H3,(H,18,21);4,10H,2H2,1H3,(H,6,7)(H,8,9). The lowest BCUT2D eigenvalue weighted by Crippen LogP contribution is -2.45. The summed E-state index contributed by atoms with van der Waals surface area (Å²) >= 11 is 14.7. The molecule has 1 aromatic rings. The number of carbonyl (C=O) groups is 4. The van der Waals surface area contributed by atoms with Crippen LogP contribution in [0.2, 0.25) is 0 Å². The summed E-state index contributed by atoms with van der Waals surface area (Å²) in [6.45, 7) is 0.518. The van der Waals surface area contributed by atoms with E-state index in [-0.39, 0.29) is 29.7 Å². The molecule has 0 aliphatic rings. The zero-order chi connectivity index (χ0) is 27.3. The number of aliphatic hydroxyl groups excluding tert-OH is 1. The highest BCUT2D eigenvalue weighted by molar-refractivity contribution is 7.90. The van der Waals surface area contributed by atoms with E-state index >= 15 is 0 Å². The molecule has 1 rings (SSSR count). The van der Waals surface area contributed by atoms with E-state index in [1.807, 2.05) is 0 Å². The van der Waals surface area contributed by atoms with Gasteiger partial charge in [0.15, 0.2) is 14.7 Å². The maximum Gasteiger partial charge on any atom is 0.327 e. The van der Waals surface area contributed by atoms with Gasteiger partial charge in [-0.25, -0.2) is 13.2 Å². The molecule has 0 saturated heterocycles. The summed E-state index contributed by atoms with van der Waals surface area (Å²) in [7, 11) is -3.39. The molecule has 6 N–H and O–H groups in total. The van der Waals surface area contributed by atoms with E-state index in [1.165, 1.54) is 31.2 Å². The Hall–Kier alpha value is -2.10. The minimum absolute atomic E-state index is 0.0696. The van der Waals surface area contributed by atoms with Crippen molar-refractivity contribution in [2.45, 2.75) is 34.8 Å². The number of halogens is 2. The molecule has 1 aromatic carbocycles. The molecular weight excluding hydrogens is 549 g/mol. The van der Waals surface area contributed by atoms with E-state index in [2.05, 4.69) is 23.3 Å². The Morgan fingerprint density at radius 3 is 2.03 bits per heavy atom. The third-order valence-corrected chi connectivity index (χ3v) is 5.90. The fourth-order valence-corrected chi connectivity index (χ4v) is 3.28. The molecule has 0 saturated carbocycles. The van der Waals surface area contributed by atoms with Crippen molar-refractivity contribution >= 4 is 69.4 Å². The van der Waals surface area contributed by atoms with Crippen molar-refractivity contribution in [3.63, 3.8) is 0 Å². The number of carbonyl (C=O) groups excluding carboxylic acids is 3. The number of aliphatic carboxylic acids is 1. The van der Waals surface area contributed by atoms with Crippen LogP contribution in [0.15, 0.2) is 29.2 Å². The third kappa shape index (κ3) is 13.0. The van der Waals surface area contributed by atoms with Crippen LogP contribution in [0.4, 0.5) is 0 Å². The highest BCUT2D eigenvalue weighted by atomic mass is 35.5. The van der Waals surface area contributed by atoms with Crippen molar-refractivity contribution in [1.82, 2.24) is 10.6 Å². The van der Waals surface area contributed by atoms with Crippen molar-refractivity contribution in [3.8, 4) is 0 Å². The average molecular weight is 576 g/mol. The van der Waals surface area contributed by atoms with Gasteiger partial charge in [0, 0.05) is 18.9 Å². The van der Waals surface area contributed by atoms with E-state index in [0.29, 0.717) is 5.56 Å². The molecule has 0 radical (unpaired) electrons. The number of hydrogen-bond donors (Lipinski definition) is 6. The molecule has 0 aliphatic carbocycles. The van der Waals surface area contributed by atoms with Crippen molar-refractivity contribution < 1.29 is 42.5 Å². The Balaban J connectivity index is 0.000000972. The fraction of sp³-hybridized carbons (Fsp3) is 0.474. The summed E-state index contributed by atoms with van der Waals surface area (Å²) in [6, 6.07) is 3.44. The Morgan fingerprint density at radius 1 is 1.14 bits per heavy atom. The smallest absolute Gasteiger partial charge is 0.327 e. The van der Waals surface area contributed by atoms with Gasteiger partial charge in [-0.2, -0.15) is 12.6 Å². The van der Waals surface area contributed by atoms with Gasteiger partial charge in [0.1, 0.15) is 18.8 Å². The highest BCUT2D eigenvalue weighted by Crippen LogP contribution is 2.20. The largest absolute Gasteiger partial charge is 0.480 e. The van der Waals surface area contributed by atoms with E-state index in [1.54, 1.807) is 0 Å². The molecule has 35 heavy (non-hydrogen) atoms. The number of rotatable bonds is 11. The predicted octanol–water partition coefficient (Wildman–Crippen LogP) is -0.581. The number of carboxylic acid groups (broad SMARTS) is 1. The number of alkyl halides is 2. The van der Waals surface area contributed by atoms with Gasteiger partial charge in [-0.15, -0.1) is 0 Å². The molecule has 0 bridgehead atoms. The molecule has 0 aromatic heterocycles. The number of thiol groups is 1. The summed E-state index contributed by atoms with van der Waals surface area (Å²) in [5.41, 5.74) is 5.42. The average Bonchev–Trinajstić information content (AvgIpc) is 2.78. The number of sulfone groups is 1. The van der Waals surface area contributed by atoms with E-state index < -0.39 is 50.7 Å². The summed E-state index contributed by atoms with van der Waals surface area (Å²) in [6.07, 6.45) is -0.260. The summed E-state index contributed by atoms with van der Waals surface area (Å²) in [5.74, 6) is -2.84. The molecular formula is C19H27Cl2N3O9S2. The predicted molar refractivity (Wildman–Crippen MR) is 131 cm³/mol. The van der Waals surface area contributed by atoms with Gasteiger partial charge in [0.25, 0.3) is 5.91 Å². The van der Waals surface area contributed by atoms with Gasteiger partial charge in [-0.1, -0.05) is 35.3 Å². The Labute approximate surface area is 217 Å². The SMILES string of the molecule is CC(=O)NC(CS)C(=O)O.CS(=O)(=O)c1ccc(C(O)C(COC(=O)CN)NC(=O)C(Cl)Cl)cc1. The molecule has 0 heterocycles. The number of benzene rings is 1. The topological polar surface area (TPSA) is 202 Å². The fourth-order valence-electron chi connectivity index (χ4n) is 2.27. The van der Waals surface area contributed by atoms with Crippen molar-refractivity contribution in [2.75, 3.05) is 25.2 Å². The summed E-state index contributed by atoms with van der Waals surface area (Å²) < 4.78 is 27.8. The monoisotopic (exact) mass is 575 g/mol. The first-order chi connectivity index (χ1) is 16.1. The minimum Gasteiger partial charge on any atom is -0.480 e. The molecule has 3 unspecified atom stereocenters. The number of esters is 1. The molecule has 198 valence electrons. The van der Waals surface area contributed by atoms with Crippen LogP contribution in [-0.4, -0.2) is 84.5 Å². The van der Waals surface area contributed by atoms with E-state index in [0.717, 1.165) is 6.26 Å². The van der Waals surface area contributed by atoms with Crippen molar-refractivity contribution in [2.24, 2.45) is 5.73 Å². The number of nitrogens with two attached hydrogens (primary N) is 1. The Kier molecular flexibility index (Phi) is 14.9. The number of nitrogens with one attached hydrogen (secondary N) is 2. The summed E-state index contributed by atoms with van der Waals surface area (Å²) in [5, 5.41) is 23.3. The van der Waals surface area contributed by atoms with Crippen molar-refractivity contribution in [1.29, 1.82) is 0 Å². The first-order valence-corrected chi connectivity index (χ1v) is 13.1. The molecule has 12 nitrogen and oxygen atoms in total. The van der Waals surface area contributed by atoms with E-state index in [4.69, 9.17) is 38.8 Å². The Bertz CT molecular complexity index is 976. The number of aliphatic hydroxyl groups is 1. The van der Waals surface area contributed by atoms with Gasteiger partial charge in [-0.05, 0) is 17.7 Å². The first-order valence-electron chi connectivity index (χ1n) is 9.67. The first kappa shape index (κ1) is 32.9. The van der Waals surface area contributed by atoms with Crippen LogP contribution in [0.3, 0.4) is 0 Å². The second-order valence-electron chi connectivity index (χ2n) is 6.86. The van der Waals surface area contributed by atoms with Crippen LogP contribution in [0.1, 0.15) is 18.6 Å². The molecule has 0 aliphatic heterocycles. The van der Waals surface area contributed by atoms with Gasteiger partial charge in [-0.3, -0.25) is 14.4 Å². The Morgan fingerprint density at radius 2 is 1.69 bits per heavy atom. The second-order valence-corrected chi connectivity index (χ2v) is 10.3. The molecule has 0 fully saturated rings. The quantitative estimate of drug-likeness (QED) is 0.112. The van der Waals surface area contributed by atoms with Crippen LogP contribution in [-0.2, 0) is 33.8 Å². The van der Waals surface area contributed by atoms with Crippen LogP contribution in [0, 0.1) is 0 Å². The van der Waals surface area contributed by atoms with Crippen LogP contribution >= 0.6 is 35.8 Å². The normalized spacial score (nSPS) is 13.5. The lowest BCUT2D eigenvalue weighted by atomic mass is 10.0. The number of carboxylic acids is 1. The van der Waals surface area contributed by atoms with Crippen molar-refractivity contribution in [3.05, 3.63) is 29.8 Å². The lowest BCUT2D eigenvalue weighted by molar-refractivity contribution is -0.144. The minimum atomic E-state index is -3.39. The summed E-state index contributed by atoms with van der Waals surface area (Å²) in [4.78, 5) is 42.0. The zero-order valence-corrected chi connectivity index (χ0v) is 21.9. The van der Waals surface area contributed by atoms with Gasteiger partial charge in [0.2, 0.25) is 5.91 Å². The maximum absolute atomic E-state index is 11.7. The second kappa shape index (κ2) is 15.8. The number of hydrogen-bond acceptors (Lipinski definition) is 10. The molecule has 16 heteroatoms. The zero-order valence-electron chi connectivity index (χ0n) is 18.7. The van der Waals surface area contributed by atoms with Crippen LogP contribution in [0.5, 0.6) is 0 Å². The van der Waals surface area contributed by atoms with Crippen LogP contribution < -0.4 is 16.4 Å².